The molecule has 1 saturated heterocycles. The third-order valence-electron chi connectivity index (χ3n) is 7.90. The number of carbonyl (C=O) groups excluding carboxylic acids is 2. The first kappa shape index (κ1) is 29.8. The van der Waals surface area contributed by atoms with Crippen LogP contribution in [0.15, 0.2) is 42.5 Å². The zero-order chi connectivity index (χ0) is 29.5. The molecule has 4 unspecified atom stereocenters. The number of benzene rings is 2. The number of aliphatic hydroxyl groups excluding tert-OH is 1. The van der Waals surface area contributed by atoms with Gasteiger partial charge in [-0.25, -0.2) is 9.18 Å². The molecule has 2 aromatic carbocycles. The summed E-state index contributed by atoms with van der Waals surface area (Å²) in [4.78, 5) is 26.3. The standard InChI is InChI=1S/C29H36FN5O4S/c1-27(2,3)40(39)34-28(12-11-18-7-8-18,20-6-4-5-19(13-20)16-31)21-9-10-24(30)23(14-21)29(25(32)37)15-22(36)17-35(29)26(33)38/h4-6,9-10,13-14,18,22,34,36H,7-8,11-12,15,17H2,1-3H3,(H2,32,37)(H2,33,38). The van der Waals surface area contributed by atoms with Crippen LogP contribution in [0, 0.1) is 23.1 Å². The number of hydrogen-bond donors (Lipinski definition) is 4. The third kappa shape index (κ3) is 5.54. The van der Waals surface area contributed by atoms with Gasteiger partial charge in [-0.15, -0.1) is 4.72 Å². The van der Waals surface area contributed by atoms with Crippen molar-refractivity contribution in [3.63, 3.8) is 0 Å². The molecule has 214 valence electrons. The Labute approximate surface area is 237 Å². The number of urea groups is 1. The number of amides is 3. The van der Waals surface area contributed by atoms with Crippen LogP contribution in [0.3, 0.4) is 0 Å². The first-order chi connectivity index (χ1) is 18.7. The maximum absolute atomic E-state index is 15.7. The van der Waals surface area contributed by atoms with E-state index in [0.29, 0.717) is 29.0 Å². The Morgan fingerprint density at radius 2 is 1.90 bits per heavy atom. The average molecular weight is 570 g/mol. The zero-order valence-electron chi connectivity index (χ0n) is 22.9. The second-order valence-corrected chi connectivity index (χ2v) is 13.8. The van der Waals surface area contributed by atoms with Gasteiger partial charge in [0.2, 0.25) is 5.91 Å². The Hall–Kier alpha value is -3.17. The van der Waals surface area contributed by atoms with Gasteiger partial charge in [-0.2, -0.15) is 5.26 Å². The third-order valence-corrected chi connectivity index (χ3v) is 9.54. The van der Waals surface area contributed by atoms with Crippen LogP contribution in [0.4, 0.5) is 9.18 Å². The lowest BCUT2D eigenvalue weighted by Crippen LogP contribution is -2.56. The summed E-state index contributed by atoms with van der Waals surface area (Å²) in [6.07, 6.45) is 1.90. The van der Waals surface area contributed by atoms with E-state index in [-0.39, 0.29) is 18.5 Å². The van der Waals surface area contributed by atoms with Gasteiger partial charge >= 0.3 is 6.03 Å². The summed E-state index contributed by atoms with van der Waals surface area (Å²) in [6, 6.07) is 12.2. The van der Waals surface area contributed by atoms with Gasteiger partial charge in [0.1, 0.15) is 16.1 Å². The number of β-amino-alcohol motifs (C(OH)–C–C–N with tert-alkyl or cyclic N) is 1. The molecule has 1 saturated carbocycles. The average Bonchev–Trinajstić information content (AvgIpc) is 3.66. The lowest BCUT2D eigenvalue weighted by Gasteiger charge is -2.40. The Morgan fingerprint density at radius 3 is 2.48 bits per heavy atom. The number of nitrogens with one attached hydrogen (secondary N) is 1. The predicted molar refractivity (Wildman–Crippen MR) is 149 cm³/mol. The van der Waals surface area contributed by atoms with Crippen molar-refractivity contribution < 1.29 is 23.6 Å². The smallest absolute Gasteiger partial charge is 0.316 e. The molecule has 11 heteroatoms. The molecule has 1 aliphatic carbocycles. The van der Waals surface area contributed by atoms with Crippen LogP contribution in [0.5, 0.6) is 0 Å². The SMILES string of the molecule is CC(C)(C)[S+]([O-])NC(CCC1CC1)(c1cccc(C#N)c1)c1ccc(F)c(C2(C(N)=O)CC(O)CN2C(N)=O)c1. The van der Waals surface area contributed by atoms with Crippen molar-refractivity contribution in [3.8, 4) is 6.07 Å². The second-order valence-electron chi connectivity index (χ2n) is 11.8. The highest BCUT2D eigenvalue weighted by atomic mass is 32.2. The largest absolute Gasteiger partial charge is 0.598 e. The molecule has 0 bridgehead atoms. The Morgan fingerprint density at radius 1 is 1.23 bits per heavy atom. The van der Waals surface area contributed by atoms with Gasteiger partial charge in [-0.3, -0.25) is 4.79 Å². The Balaban J connectivity index is 2.00. The molecule has 4 atom stereocenters. The van der Waals surface area contributed by atoms with E-state index in [9.17, 15) is 24.5 Å². The molecule has 40 heavy (non-hydrogen) atoms. The number of hydrogen-bond acceptors (Lipinski definition) is 6. The molecule has 4 rings (SSSR count). The van der Waals surface area contributed by atoms with Crippen LogP contribution in [0.25, 0.3) is 0 Å². The van der Waals surface area contributed by atoms with E-state index in [4.69, 9.17) is 11.5 Å². The highest BCUT2D eigenvalue weighted by Crippen LogP contribution is 2.46. The van der Waals surface area contributed by atoms with Crippen molar-refractivity contribution in [2.45, 2.75) is 74.8 Å². The van der Waals surface area contributed by atoms with E-state index in [2.05, 4.69) is 10.8 Å². The van der Waals surface area contributed by atoms with E-state index in [1.165, 1.54) is 12.1 Å². The highest BCUT2D eigenvalue weighted by molar-refractivity contribution is 7.90. The summed E-state index contributed by atoms with van der Waals surface area (Å²) in [6.45, 7) is 5.20. The van der Waals surface area contributed by atoms with Gasteiger partial charge in [0.05, 0.1) is 17.7 Å². The first-order valence-corrected chi connectivity index (χ1v) is 14.5. The Kier molecular flexibility index (Phi) is 8.20. The molecular weight excluding hydrogens is 533 g/mol. The van der Waals surface area contributed by atoms with Crippen molar-refractivity contribution in [1.82, 2.24) is 9.62 Å². The number of primary amides is 2. The van der Waals surface area contributed by atoms with Crippen LogP contribution in [0.1, 0.15) is 75.1 Å². The molecule has 3 amide bonds. The molecule has 2 fully saturated rings. The van der Waals surface area contributed by atoms with E-state index >= 15 is 4.39 Å². The molecule has 1 heterocycles. The summed E-state index contributed by atoms with van der Waals surface area (Å²) in [7, 11) is 0. The number of nitriles is 1. The van der Waals surface area contributed by atoms with Gasteiger partial charge in [0.15, 0.2) is 5.54 Å². The number of likely N-dealkylation sites (tertiary alicyclic amines) is 1. The zero-order valence-corrected chi connectivity index (χ0v) is 23.8. The number of carbonyl (C=O) groups is 2. The van der Waals surface area contributed by atoms with Gasteiger partial charge in [-0.05, 0) is 74.9 Å². The topological polar surface area (TPSA) is 169 Å². The second kappa shape index (κ2) is 11.0. The summed E-state index contributed by atoms with van der Waals surface area (Å²) >= 11 is -1.61. The lowest BCUT2D eigenvalue weighted by atomic mass is 9.76. The van der Waals surface area contributed by atoms with Gasteiger partial charge < -0.3 is 26.0 Å². The minimum atomic E-state index is -2.02. The van der Waals surface area contributed by atoms with E-state index in [1.807, 2.05) is 26.8 Å². The fourth-order valence-electron chi connectivity index (χ4n) is 5.51. The summed E-state index contributed by atoms with van der Waals surface area (Å²) in [5.41, 5.74) is 9.51. The summed E-state index contributed by atoms with van der Waals surface area (Å²) in [5, 5.41) is 20.1. The monoisotopic (exact) mass is 569 g/mol. The normalized spacial score (nSPS) is 23.3. The van der Waals surface area contributed by atoms with E-state index in [1.54, 1.807) is 24.3 Å². The number of rotatable bonds is 9. The minimum Gasteiger partial charge on any atom is -0.598 e. The fourth-order valence-corrected chi connectivity index (χ4v) is 6.47. The van der Waals surface area contributed by atoms with Crippen LogP contribution in [-0.2, 0) is 27.2 Å². The van der Waals surface area contributed by atoms with Crippen molar-refractivity contribution in [2.75, 3.05) is 6.54 Å². The lowest BCUT2D eigenvalue weighted by molar-refractivity contribution is -0.128. The molecule has 0 aromatic heterocycles. The van der Waals surface area contributed by atoms with Crippen molar-refractivity contribution in [2.24, 2.45) is 17.4 Å². The highest BCUT2D eigenvalue weighted by Gasteiger charge is 2.55. The molecule has 2 aliphatic rings. The molecule has 0 spiro atoms. The van der Waals surface area contributed by atoms with Gasteiger partial charge in [0.25, 0.3) is 0 Å². The number of nitrogens with zero attached hydrogens (tertiary/aromatic N) is 2. The van der Waals surface area contributed by atoms with E-state index in [0.717, 1.165) is 24.2 Å². The first-order valence-electron chi connectivity index (χ1n) is 13.3. The van der Waals surface area contributed by atoms with Crippen LogP contribution >= 0.6 is 0 Å². The summed E-state index contributed by atoms with van der Waals surface area (Å²) < 4.78 is 32.0. The van der Waals surface area contributed by atoms with Crippen LogP contribution < -0.4 is 16.2 Å². The van der Waals surface area contributed by atoms with Crippen molar-refractivity contribution >= 4 is 23.3 Å². The fraction of sp³-hybridized carbons (Fsp3) is 0.483. The van der Waals surface area contributed by atoms with Crippen molar-refractivity contribution in [3.05, 3.63) is 70.5 Å². The number of nitrogens with two attached hydrogens (primary N) is 2. The van der Waals surface area contributed by atoms with Gasteiger partial charge in [-0.1, -0.05) is 31.0 Å². The molecule has 2 aromatic rings. The molecule has 0 radical (unpaired) electrons. The number of halogens is 1. The minimum absolute atomic E-state index is 0.205. The maximum atomic E-state index is 15.7. The molecule has 9 nitrogen and oxygen atoms in total. The summed E-state index contributed by atoms with van der Waals surface area (Å²) in [5.74, 6) is -1.35. The number of aliphatic hydroxyl groups is 1. The quantitative estimate of drug-likeness (QED) is 0.339. The van der Waals surface area contributed by atoms with Crippen molar-refractivity contribution in [1.29, 1.82) is 5.26 Å². The van der Waals surface area contributed by atoms with Gasteiger partial charge in [0, 0.05) is 29.9 Å². The Bertz CT molecular complexity index is 1340. The molecule has 6 N–H and O–H groups in total. The van der Waals surface area contributed by atoms with Crippen LogP contribution in [-0.4, -0.2) is 43.9 Å². The molecular formula is C29H36FN5O4S. The van der Waals surface area contributed by atoms with Crippen LogP contribution in [0.2, 0.25) is 0 Å². The molecule has 1 aliphatic heterocycles. The predicted octanol–water partition coefficient (Wildman–Crippen LogP) is 3.01. The maximum Gasteiger partial charge on any atom is 0.316 e. The van der Waals surface area contributed by atoms with E-state index < -0.39 is 51.0 Å².